The Labute approximate surface area is 112 Å². The lowest BCUT2D eigenvalue weighted by atomic mass is 10.1. The van der Waals surface area contributed by atoms with Crippen molar-refractivity contribution in [2.24, 2.45) is 0 Å². The second-order valence-electron chi connectivity index (χ2n) is 4.52. The number of amides is 2. The van der Waals surface area contributed by atoms with Crippen molar-refractivity contribution < 1.29 is 31.5 Å². The molecule has 1 aliphatic rings. The number of hydrogen-bond donors (Lipinski definition) is 1. The molecule has 0 aliphatic carbocycles. The fraction of sp³-hybridized carbons (Fsp3) is 0.818. The molecule has 4 nitrogen and oxygen atoms in total. The zero-order chi connectivity index (χ0) is 15.4. The molecule has 0 radical (unpaired) electrons. The summed E-state index contributed by atoms with van der Waals surface area (Å²) in [5.41, 5.74) is 0. The van der Waals surface area contributed by atoms with Crippen LogP contribution in [-0.2, 0) is 9.59 Å². The maximum Gasteiger partial charge on any atom is 0.463 e. The fourth-order valence-electron chi connectivity index (χ4n) is 1.82. The minimum atomic E-state index is -5.94. The number of halogens is 5. The van der Waals surface area contributed by atoms with Crippen molar-refractivity contribution in [1.82, 2.24) is 10.2 Å². The number of nitrogens with zero attached hydrogens (tertiary/aromatic N) is 1. The SMILES string of the molecule is O=C(CCNC(=O)C(F)(F)C(F)(F)F)N1CCCCC1. The molecule has 0 aromatic carbocycles. The van der Waals surface area contributed by atoms with E-state index in [0.29, 0.717) is 13.1 Å². The third-order valence-electron chi connectivity index (χ3n) is 2.97. The third kappa shape index (κ3) is 4.04. The van der Waals surface area contributed by atoms with Gasteiger partial charge in [-0.2, -0.15) is 22.0 Å². The summed E-state index contributed by atoms with van der Waals surface area (Å²) >= 11 is 0. The Kier molecular flexibility index (Phi) is 5.29. The molecule has 0 unspecified atom stereocenters. The Morgan fingerprint density at radius 2 is 1.55 bits per heavy atom. The van der Waals surface area contributed by atoms with Crippen molar-refractivity contribution in [2.75, 3.05) is 19.6 Å². The van der Waals surface area contributed by atoms with Crippen LogP contribution < -0.4 is 5.32 Å². The van der Waals surface area contributed by atoms with Crippen LogP contribution >= 0.6 is 0 Å². The first-order valence-corrected chi connectivity index (χ1v) is 6.17. The van der Waals surface area contributed by atoms with Gasteiger partial charge in [0.25, 0.3) is 5.91 Å². The van der Waals surface area contributed by atoms with Gasteiger partial charge in [0, 0.05) is 26.1 Å². The van der Waals surface area contributed by atoms with Gasteiger partial charge in [0.05, 0.1) is 0 Å². The van der Waals surface area contributed by atoms with E-state index in [2.05, 4.69) is 0 Å². The topological polar surface area (TPSA) is 49.4 Å². The normalized spacial score (nSPS) is 16.9. The van der Waals surface area contributed by atoms with E-state index in [1.54, 1.807) is 0 Å². The molecule has 1 fully saturated rings. The minimum Gasteiger partial charge on any atom is -0.350 e. The zero-order valence-corrected chi connectivity index (χ0v) is 10.6. The molecule has 116 valence electrons. The van der Waals surface area contributed by atoms with Crippen LogP contribution in [0.4, 0.5) is 22.0 Å². The molecule has 0 aromatic heterocycles. The lowest BCUT2D eigenvalue weighted by molar-refractivity contribution is -0.269. The summed E-state index contributed by atoms with van der Waals surface area (Å²) in [7, 11) is 0. The summed E-state index contributed by atoms with van der Waals surface area (Å²) in [6.07, 6.45) is -3.56. The number of rotatable bonds is 4. The Hall–Kier alpha value is -1.41. The van der Waals surface area contributed by atoms with Crippen molar-refractivity contribution in [2.45, 2.75) is 37.8 Å². The largest absolute Gasteiger partial charge is 0.463 e. The van der Waals surface area contributed by atoms with Gasteiger partial charge < -0.3 is 10.2 Å². The molecule has 0 atom stereocenters. The fourth-order valence-corrected chi connectivity index (χ4v) is 1.82. The molecule has 2 amide bonds. The highest BCUT2D eigenvalue weighted by atomic mass is 19.4. The smallest absolute Gasteiger partial charge is 0.350 e. The average molecular weight is 302 g/mol. The predicted molar refractivity (Wildman–Crippen MR) is 59.1 cm³/mol. The van der Waals surface area contributed by atoms with E-state index >= 15 is 0 Å². The number of carbonyl (C=O) groups excluding carboxylic acids is 2. The van der Waals surface area contributed by atoms with E-state index in [1.165, 1.54) is 10.2 Å². The number of nitrogens with one attached hydrogen (secondary N) is 1. The van der Waals surface area contributed by atoms with Crippen LogP contribution in [0.1, 0.15) is 25.7 Å². The van der Waals surface area contributed by atoms with E-state index < -0.39 is 24.6 Å². The van der Waals surface area contributed by atoms with Gasteiger partial charge in [0.15, 0.2) is 0 Å². The maximum atomic E-state index is 12.6. The lowest BCUT2D eigenvalue weighted by Gasteiger charge is -2.27. The number of piperidine rings is 1. The summed E-state index contributed by atoms with van der Waals surface area (Å²) in [6, 6.07) is 0. The third-order valence-corrected chi connectivity index (χ3v) is 2.97. The molecule has 9 heteroatoms. The molecule has 1 aliphatic heterocycles. The molecule has 0 bridgehead atoms. The van der Waals surface area contributed by atoms with Crippen LogP contribution in [0.15, 0.2) is 0 Å². The number of likely N-dealkylation sites (tertiary alicyclic amines) is 1. The summed E-state index contributed by atoms with van der Waals surface area (Å²) in [5, 5.41) is 1.44. The summed E-state index contributed by atoms with van der Waals surface area (Å²) in [4.78, 5) is 23.9. The van der Waals surface area contributed by atoms with Gasteiger partial charge in [0.1, 0.15) is 0 Å². The highest BCUT2D eigenvalue weighted by Gasteiger charge is 2.63. The van der Waals surface area contributed by atoms with E-state index in [4.69, 9.17) is 0 Å². The van der Waals surface area contributed by atoms with Crippen molar-refractivity contribution >= 4 is 11.8 Å². The molecule has 0 saturated carbocycles. The van der Waals surface area contributed by atoms with E-state index in [-0.39, 0.29) is 12.3 Å². The molecule has 1 saturated heterocycles. The number of carbonyl (C=O) groups is 2. The Balaban J connectivity index is 2.36. The van der Waals surface area contributed by atoms with Crippen LogP contribution in [0.25, 0.3) is 0 Å². The van der Waals surface area contributed by atoms with Crippen LogP contribution in [-0.4, -0.2) is 48.4 Å². The summed E-state index contributed by atoms with van der Waals surface area (Å²) in [6.45, 7) is 0.552. The summed E-state index contributed by atoms with van der Waals surface area (Å²) in [5.74, 6) is -8.24. The van der Waals surface area contributed by atoms with Crippen LogP contribution in [0.3, 0.4) is 0 Å². The van der Waals surface area contributed by atoms with Crippen LogP contribution in [0.2, 0.25) is 0 Å². The standard InChI is InChI=1S/C11H15F5N2O2/c12-10(13,11(14,15)16)9(20)17-5-4-8(19)18-6-2-1-3-7-18/h1-7H2,(H,17,20). The predicted octanol–water partition coefficient (Wildman–Crippen LogP) is 1.70. The molecular weight excluding hydrogens is 287 g/mol. The van der Waals surface area contributed by atoms with Crippen molar-refractivity contribution in [1.29, 1.82) is 0 Å². The van der Waals surface area contributed by atoms with Gasteiger partial charge in [-0.15, -0.1) is 0 Å². The summed E-state index contributed by atoms with van der Waals surface area (Å²) < 4.78 is 60.8. The van der Waals surface area contributed by atoms with E-state index in [9.17, 15) is 31.5 Å². The highest BCUT2D eigenvalue weighted by molar-refractivity contribution is 5.85. The molecule has 20 heavy (non-hydrogen) atoms. The van der Waals surface area contributed by atoms with Crippen molar-refractivity contribution in [3.05, 3.63) is 0 Å². The van der Waals surface area contributed by atoms with E-state index in [1.807, 2.05) is 0 Å². The lowest BCUT2D eigenvalue weighted by Crippen LogP contribution is -2.51. The molecule has 1 heterocycles. The van der Waals surface area contributed by atoms with Gasteiger partial charge in [-0.1, -0.05) is 0 Å². The monoisotopic (exact) mass is 302 g/mol. The number of alkyl halides is 5. The highest BCUT2D eigenvalue weighted by Crippen LogP contribution is 2.35. The molecule has 1 N–H and O–H groups in total. The molecule has 0 aromatic rings. The first kappa shape index (κ1) is 16.6. The molecule has 1 rings (SSSR count). The first-order valence-electron chi connectivity index (χ1n) is 6.17. The average Bonchev–Trinajstić information content (AvgIpc) is 2.38. The van der Waals surface area contributed by atoms with Crippen molar-refractivity contribution in [3.63, 3.8) is 0 Å². The van der Waals surface area contributed by atoms with Crippen LogP contribution in [0.5, 0.6) is 0 Å². The van der Waals surface area contributed by atoms with Crippen molar-refractivity contribution in [3.8, 4) is 0 Å². The quantitative estimate of drug-likeness (QED) is 0.804. The minimum absolute atomic E-state index is 0.292. The first-order chi connectivity index (χ1) is 9.16. The second-order valence-corrected chi connectivity index (χ2v) is 4.52. The van der Waals surface area contributed by atoms with Gasteiger partial charge in [0.2, 0.25) is 5.91 Å². The molecular formula is C11H15F5N2O2. The number of hydrogen-bond acceptors (Lipinski definition) is 2. The van der Waals surface area contributed by atoms with E-state index in [0.717, 1.165) is 19.3 Å². The second kappa shape index (κ2) is 6.36. The van der Waals surface area contributed by atoms with Gasteiger partial charge in [-0.05, 0) is 19.3 Å². The Morgan fingerprint density at radius 1 is 1.00 bits per heavy atom. The zero-order valence-electron chi connectivity index (χ0n) is 10.6. The van der Waals surface area contributed by atoms with Gasteiger partial charge in [-0.25, -0.2) is 0 Å². The maximum absolute atomic E-state index is 12.6. The molecule has 0 spiro atoms. The van der Waals surface area contributed by atoms with Gasteiger partial charge >= 0.3 is 12.1 Å². The Bertz CT molecular complexity index is 364. The van der Waals surface area contributed by atoms with Crippen LogP contribution in [0, 0.1) is 0 Å². The van der Waals surface area contributed by atoms with Gasteiger partial charge in [-0.3, -0.25) is 9.59 Å². The Morgan fingerprint density at radius 3 is 2.05 bits per heavy atom.